The molecule has 2 aromatic rings. The second-order valence-corrected chi connectivity index (χ2v) is 5.03. The molecule has 0 heterocycles. The second-order valence-electron chi connectivity index (χ2n) is 5.03. The van der Waals surface area contributed by atoms with Gasteiger partial charge in [-0.2, -0.15) is 0 Å². The molecular formula is C17H19FO2. The van der Waals surface area contributed by atoms with E-state index < -0.39 is 6.10 Å². The molecule has 0 spiro atoms. The third-order valence-electron chi connectivity index (χ3n) is 3.46. The molecule has 0 fully saturated rings. The van der Waals surface area contributed by atoms with E-state index in [1.165, 1.54) is 12.1 Å². The summed E-state index contributed by atoms with van der Waals surface area (Å²) in [6.07, 6.45) is -0.258. The van der Waals surface area contributed by atoms with Crippen LogP contribution in [-0.4, -0.2) is 12.2 Å². The zero-order valence-electron chi connectivity index (χ0n) is 12.0. The first-order chi connectivity index (χ1) is 9.51. The van der Waals surface area contributed by atoms with Gasteiger partial charge in [-0.25, -0.2) is 4.39 Å². The van der Waals surface area contributed by atoms with Crippen molar-refractivity contribution in [3.05, 3.63) is 64.5 Å². The maximum atomic E-state index is 13.2. The molecule has 0 radical (unpaired) electrons. The van der Waals surface area contributed by atoms with E-state index in [1.54, 1.807) is 13.2 Å². The van der Waals surface area contributed by atoms with E-state index in [1.807, 2.05) is 32.0 Å². The summed E-state index contributed by atoms with van der Waals surface area (Å²) in [5, 5.41) is 10.4. The fourth-order valence-electron chi connectivity index (χ4n) is 2.39. The second kappa shape index (κ2) is 6.06. The Balaban J connectivity index is 2.25. The van der Waals surface area contributed by atoms with Crippen molar-refractivity contribution in [2.45, 2.75) is 26.4 Å². The summed E-state index contributed by atoms with van der Waals surface area (Å²) in [5.74, 6) is 0.529. The monoisotopic (exact) mass is 274 g/mol. The number of halogens is 1. The molecule has 0 saturated carbocycles. The topological polar surface area (TPSA) is 29.5 Å². The highest BCUT2D eigenvalue weighted by molar-refractivity contribution is 5.42. The Kier molecular flexibility index (Phi) is 4.40. The summed E-state index contributed by atoms with van der Waals surface area (Å²) in [5.41, 5.74) is 3.58. The first-order valence-electron chi connectivity index (χ1n) is 6.59. The summed E-state index contributed by atoms with van der Waals surface area (Å²) in [6, 6.07) is 10.2. The van der Waals surface area contributed by atoms with Crippen LogP contribution in [-0.2, 0) is 6.42 Å². The molecule has 0 amide bonds. The molecule has 3 heteroatoms. The van der Waals surface area contributed by atoms with E-state index in [2.05, 4.69) is 0 Å². The van der Waals surface area contributed by atoms with Gasteiger partial charge in [0.15, 0.2) is 0 Å². The van der Waals surface area contributed by atoms with Crippen molar-refractivity contribution >= 4 is 0 Å². The van der Waals surface area contributed by atoms with Crippen molar-refractivity contribution in [2.24, 2.45) is 0 Å². The standard InChI is InChI=1S/C17H19FO2/c1-11-8-17(20-3)12(2)7-15(11)16(19)10-13-5-4-6-14(18)9-13/h4-9,16,19H,10H2,1-3H3. The molecule has 0 aliphatic heterocycles. The van der Waals surface area contributed by atoms with Crippen LogP contribution in [0, 0.1) is 19.7 Å². The fourth-order valence-corrected chi connectivity index (χ4v) is 2.39. The Morgan fingerprint density at radius 2 is 1.90 bits per heavy atom. The van der Waals surface area contributed by atoms with Crippen LogP contribution in [0.25, 0.3) is 0 Å². The number of hydrogen-bond acceptors (Lipinski definition) is 2. The predicted molar refractivity (Wildman–Crippen MR) is 77.5 cm³/mol. The normalized spacial score (nSPS) is 12.2. The zero-order chi connectivity index (χ0) is 14.7. The average Bonchev–Trinajstić information content (AvgIpc) is 2.40. The average molecular weight is 274 g/mol. The number of methoxy groups -OCH3 is 1. The van der Waals surface area contributed by atoms with Gasteiger partial charge in [-0.1, -0.05) is 12.1 Å². The molecule has 0 saturated heterocycles. The maximum absolute atomic E-state index is 13.2. The van der Waals surface area contributed by atoms with Crippen molar-refractivity contribution in [2.75, 3.05) is 7.11 Å². The van der Waals surface area contributed by atoms with E-state index in [0.717, 1.165) is 28.0 Å². The highest BCUT2D eigenvalue weighted by Crippen LogP contribution is 2.28. The number of benzene rings is 2. The predicted octanol–water partition coefficient (Wildman–Crippen LogP) is 3.73. The van der Waals surface area contributed by atoms with Crippen LogP contribution in [0.1, 0.15) is 28.4 Å². The van der Waals surface area contributed by atoms with Crippen LogP contribution in [0.3, 0.4) is 0 Å². The lowest BCUT2D eigenvalue weighted by atomic mass is 9.95. The molecule has 1 unspecified atom stereocenters. The number of aryl methyl sites for hydroxylation is 2. The number of ether oxygens (including phenoxy) is 1. The van der Waals surface area contributed by atoms with Gasteiger partial charge in [-0.3, -0.25) is 0 Å². The van der Waals surface area contributed by atoms with Gasteiger partial charge >= 0.3 is 0 Å². The minimum absolute atomic E-state index is 0.280. The van der Waals surface area contributed by atoms with Crippen molar-refractivity contribution in [1.29, 1.82) is 0 Å². The molecule has 2 nitrogen and oxygen atoms in total. The van der Waals surface area contributed by atoms with E-state index in [9.17, 15) is 9.50 Å². The van der Waals surface area contributed by atoms with Crippen LogP contribution in [0.5, 0.6) is 5.75 Å². The van der Waals surface area contributed by atoms with Crippen molar-refractivity contribution < 1.29 is 14.2 Å². The van der Waals surface area contributed by atoms with E-state index in [4.69, 9.17) is 4.74 Å². The van der Waals surface area contributed by atoms with Gasteiger partial charge in [0.2, 0.25) is 0 Å². The van der Waals surface area contributed by atoms with Crippen LogP contribution in [0.2, 0.25) is 0 Å². The first kappa shape index (κ1) is 14.5. The molecule has 0 aliphatic carbocycles. The Morgan fingerprint density at radius 1 is 1.15 bits per heavy atom. The lowest BCUT2D eigenvalue weighted by Gasteiger charge is -2.16. The molecule has 0 aliphatic rings. The lowest BCUT2D eigenvalue weighted by molar-refractivity contribution is 0.177. The SMILES string of the molecule is COc1cc(C)c(C(O)Cc2cccc(F)c2)cc1C. The van der Waals surface area contributed by atoms with Crippen LogP contribution in [0.4, 0.5) is 4.39 Å². The molecule has 0 aromatic heterocycles. The molecule has 1 atom stereocenters. The van der Waals surface area contributed by atoms with Gasteiger partial charge in [0.05, 0.1) is 13.2 Å². The lowest BCUT2D eigenvalue weighted by Crippen LogP contribution is -2.05. The summed E-state index contributed by atoms with van der Waals surface area (Å²) < 4.78 is 18.4. The summed E-state index contributed by atoms with van der Waals surface area (Å²) >= 11 is 0. The fraction of sp³-hybridized carbons (Fsp3) is 0.294. The third-order valence-corrected chi connectivity index (χ3v) is 3.46. The molecule has 2 aromatic carbocycles. The third kappa shape index (κ3) is 3.17. The zero-order valence-corrected chi connectivity index (χ0v) is 12.0. The number of aliphatic hydroxyl groups is 1. The molecule has 2 rings (SSSR count). The molecule has 1 N–H and O–H groups in total. The Labute approximate surface area is 118 Å². The van der Waals surface area contributed by atoms with Gasteiger partial charge in [-0.15, -0.1) is 0 Å². The molecule has 106 valence electrons. The van der Waals surface area contributed by atoms with E-state index >= 15 is 0 Å². The molecule has 0 bridgehead atoms. The van der Waals surface area contributed by atoms with Crippen molar-refractivity contribution in [3.8, 4) is 5.75 Å². The van der Waals surface area contributed by atoms with Crippen LogP contribution in [0.15, 0.2) is 36.4 Å². The quantitative estimate of drug-likeness (QED) is 0.920. The van der Waals surface area contributed by atoms with Crippen molar-refractivity contribution in [1.82, 2.24) is 0 Å². The first-order valence-corrected chi connectivity index (χ1v) is 6.59. The van der Waals surface area contributed by atoms with Gasteiger partial charge in [0.25, 0.3) is 0 Å². The van der Waals surface area contributed by atoms with Gasteiger partial charge in [0.1, 0.15) is 11.6 Å². The number of hydrogen-bond donors (Lipinski definition) is 1. The van der Waals surface area contributed by atoms with Crippen LogP contribution < -0.4 is 4.74 Å². The highest BCUT2D eigenvalue weighted by atomic mass is 19.1. The molecular weight excluding hydrogens is 255 g/mol. The largest absolute Gasteiger partial charge is 0.496 e. The van der Waals surface area contributed by atoms with Gasteiger partial charge in [0, 0.05) is 6.42 Å². The molecule has 20 heavy (non-hydrogen) atoms. The smallest absolute Gasteiger partial charge is 0.123 e. The Morgan fingerprint density at radius 3 is 2.55 bits per heavy atom. The number of rotatable bonds is 4. The summed E-state index contributed by atoms with van der Waals surface area (Å²) in [7, 11) is 1.63. The van der Waals surface area contributed by atoms with Crippen molar-refractivity contribution in [3.63, 3.8) is 0 Å². The number of aliphatic hydroxyl groups excluding tert-OH is 1. The minimum Gasteiger partial charge on any atom is -0.496 e. The Hall–Kier alpha value is -1.87. The minimum atomic E-state index is -0.651. The Bertz CT molecular complexity index is 608. The van der Waals surface area contributed by atoms with E-state index in [-0.39, 0.29) is 5.82 Å². The van der Waals surface area contributed by atoms with Crippen LogP contribution >= 0.6 is 0 Å². The maximum Gasteiger partial charge on any atom is 0.123 e. The highest BCUT2D eigenvalue weighted by Gasteiger charge is 2.14. The van der Waals surface area contributed by atoms with Gasteiger partial charge < -0.3 is 9.84 Å². The van der Waals surface area contributed by atoms with Gasteiger partial charge in [-0.05, 0) is 60.4 Å². The summed E-state index contributed by atoms with van der Waals surface area (Å²) in [4.78, 5) is 0. The summed E-state index contributed by atoms with van der Waals surface area (Å²) in [6.45, 7) is 3.88. The van der Waals surface area contributed by atoms with E-state index in [0.29, 0.717) is 6.42 Å².